The van der Waals surface area contributed by atoms with Crippen molar-refractivity contribution in [2.75, 3.05) is 42.6 Å². The van der Waals surface area contributed by atoms with Crippen LogP contribution >= 0.6 is 0 Å². The third-order valence-electron chi connectivity index (χ3n) is 5.97. The van der Waals surface area contributed by atoms with Crippen LogP contribution in [0.4, 0.5) is 15.8 Å². The van der Waals surface area contributed by atoms with E-state index in [-0.39, 0.29) is 31.0 Å². The van der Waals surface area contributed by atoms with E-state index in [1.54, 1.807) is 4.90 Å². The number of carbonyl (C=O) groups excluding carboxylic acids is 3. The second kappa shape index (κ2) is 10.3. The molecule has 0 radical (unpaired) electrons. The zero-order valence-corrected chi connectivity index (χ0v) is 18.7. The van der Waals surface area contributed by atoms with Crippen LogP contribution in [0.2, 0.25) is 0 Å². The van der Waals surface area contributed by atoms with Crippen molar-refractivity contribution in [3.8, 4) is 0 Å². The lowest BCUT2D eigenvalue weighted by atomic mass is 10.1. The summed E-state index contributed by atoms with van der Waals surface area (Å²) in [5, 5.41) is 8.26. The molecule has 2 aliphatic heterocycles. The topological polar surface area (TPSA) is 111 Å². The van der Waals surface area contributed by atoms with Crippen molar-refractivity contribution in [2.45, 2.75) is 18.9 Å². The number of nitrogens with zero attached hydrogens (tertiary/aromatic N) is 4. The molecule has 1 atom stereocenters. The number of carbonyl (C=O) groups is 3. The molecule has 178 valence electrons. The van der Waals surface area contributed by atoms with Crippen molar-refractivity contribution in [2.24, 2.45) is 10.8 Å². The van der Waals surface area contributed by atoms with Crippen molar-refractivity contribution in [3.63, 3.8) is 0 Å². The molecule has 1 unspecified atom stereocenters. The molecule has 9 nitrogen and oxygen atoms in total. The van der Waals surface area contributed by atoms with E-state index in [2.05, 4.69) is 27.5 Å². The number of nitrogens with two attached hydrogens (primary N) is 1. The molecule has 4 rings (SSSR count). The SMILES string of the molecule is NC(=O)C1CC(C(=O)NCCC(=O)N2CCN(c3ccccc3)CC2)=NN1c1ccc(F)cc1. The summed E-state index contributed by atoms with van der Waals surface area (Å²) in [6.07, 6.45) is 0.208. The lowest BCUT2D eigenvalue weighted by molar-refractivity contribution is -0.131. The number of amides is 3. The zero-order valence-electron chi connectivity index (χ0n) is 18.7. The van der Waals surface area contributed by atoms with E-state index in [1.807, 2.05) is 18.2 Å². The number of hydrogen-bond acceptors (Lipinski definition) is 6. The second-order valence-corrected chi connectivity index (χ2v) is 8.20. The number of piperazine rings is 1. The van der Waals surface area contributed by atoms with Crippen LogP contribution < -0.4 is 21.0 Å². The van der Waals surface area contributed by atoms with Crippen LogP contribution in [0.5, 0.6) is 0 Å². The number of benzene rings is 2. The van der Waals surface area contributed by atoms with E-state index >= 15 is 0 Å². The number of hydrazone groups is 1. The maximum atomic E-state index is 13.2. The van der Waals surface area contributed by atoms with Gasteiger partial charge in [0.15, 0.2) is 0 Å². The summed E-state index contributed by atoms with van der Waals surface area (Å²) in [6.45, 7) is 2.93. The molecule has 3 N–H and O–H groups in total. The van der Waals surface area contributed by atoms with E-state index in [0.29, 0.717) is 18.8 Å². The number of anilines is 2. The van der Waals surface area contributed by atoms with Gasteiger partial charge in [0.2, 0.25) is 11.8 Å². The van der Waals surface area contributed by atoms with Crippen molar-refractivity contribution in [1.29, 1.82) is 0 Å². The molecule has 0 aliphatic carbocycles. The molecule has 3 amide bonds. The maximum Gasteiger partial charge on any atom is 0.267 e. The highest BCUT2D eigenvalue weighted by Crippen LogP contribution is 2.25. The minimum atomic E-state index is -0.839. The second-order valence-electron chi connectivity index (χ2n) is 8.20. The summed E-state index contributed by atoms with van der Waals surface area (Å²) in [7, 11) is 0. The Labute approximate surface area is 197 Å². The number of primary amides is 1. The number of nitrogens with one attached hydrogen (secondary N) is 1. The molecule has 1 fully saturated rings. The summed E-state index contributed by atoms with van der Waals surface area (Å²) in [5.41, 5.74) is 7.21. The molecular formula is C24H27FN6O3. The van der Waals surface area contributed by atoms with Gasteiger partial charge in [-0.1, -0.05) is 18.2 Å². The van der Waals surface area contributed by atoms with E-state index < -0.39 is 23.7 Å². The van der Waals surface area contributed by atoms with Gasteiger partial charge in [0, 0.05) is 51.3 Å². The highest BCUT2D eigenvalue weighted by Gasteiger charge is 2.35. The van der Waals surface area contributed by atoms with Gasteiger partial charge in [0.25, 0.3) is 5.91 Å². The Hall–Kier alpha value is -3.95. The van der Waals surface area contributed by atoms with Crippen molar-refractivity contribution >= 4 is 34.8 Å². The fourth-order valence-corrected chi connectivity index (χ4v) is 4.10. The molecule has 2 aromatic carbocycles. The Balaban J connectivity index is 1.26. The van der Waals surface area contributed by atoms with Gasteiger partial charge in [-0.2, -0.15) is 5.10 Å². The summed E-state index contributed by atoms with van der Waals surface area (Å²) in [4.78, 5) is 41.1. The van der Waals surface area contributed by atoms with Crippen molar-refractivity contribution in [1.82, 2.24) is 10.2 Å². The molecule has 0 bridgehead atoms. The number of rotatable bonds is 7. The average molecular weight is 467 g/mol. The van der Waals surface area contributed by atoms with Gasteiger partial charge in [-0.3, -0.25) is 19.4 Å². The normalized spacial score (nSPS) is 18.0. The molecule has 2 heterocycles. The summed E-state index contributed by atoms with van der Waals surface area (Å²) in [5.74, 6) is -1.55. The number of hydrogen-bond donors (Lipinski definition) is 2. The van der Waals surface area contributed by atoms with E-state index in [0.717, 1.165) is 18.8 Å². The van der Waals surface area contributed by atoms with Gasteiger partial charge in [0.1, 0.15) is 17.6 Å². The third-order valence-corrected chi connectivity index (χ3v) is 5.97. The highest BCUT2D eigenvalue weighted by atomic mass is 19.1. The van der Waals surface area contributed by atoms with Gasteiger partial charge in [0.05, 0.1) is 5.69 Å². The Morgan fingerprint density at radius 1 is 0.971 bits per heavy atom. The first-order valence-electron chi connectivity index (χ1n) is 11.2. The molecule has 34 heavy (non-hydrogen) atoms. The monoisotopic (exact) mass is 466 g/mol. The predicted molar refractivity (Wildman–Crippen MR) is 127 cm³/mol. The predicted octanol–water partition coefficient (Wildman–Crippen LogP) is 1.10. The first-order chi connectivity index (χ1) is 16.4. The minimum Gasteiger partial charge on any atom is -0.368 e. The Morgan fingerprint density at radius 2 is 1.65 bits per heavy atom. The molecule has 0 saturated carbocycles. The molecule has 0 aromatic heterocycles. The smallest absolute Gasteiger partial charge is 0.267 e. The Kier molecular flexibility index (Phi) is 7.05. The lowest BCUT2D eigenvalue weighted by Gasteiger charge is -2.36. The largest absolute Gasteiger partial charge is 0.368 e. The average Bonchev–Trinajstić information content (AvgIpc) is 3.31. The Bertz CT molecular complexity index is 1070. The molecular weight excluding hydrogens is 439 g/mol. The van der Waals surface area contributed by atoms with E-state index in [1.165, 1.54) is 29.3 Å². The first kappa shape index (κ1) is 23.2. The molecule has 0 spiro atoms. The van der Waals surface area contributed by atoms with Crippen LogP contribution in [0.15, 0.2) is 59.7 Å². The third kappa shape index (κ3) is 5.33. The molecule has 2 aliphatic rings. The summed E-state index contributed by atoms with van der Waals surface area (Å²) >= 11 is 0. The van der Waals surface area contributed by atoms with Crippen LogP contribution in [-0.4, -0.2) is 67.1 Å². The van der Waals surface area contributed by atoms with Crippen molar-refractivity contribution in [3.05, 3.63) is 60.4 Å². The summed E-state index contributed by atoms with van der Waals surface area (Å²) < 4.78 is 13.2. The van der Waals surface area contributed by atoms with Crippen molar-refractivity contribution < 1.29 is 18.8 Å². The fourth-order valence-electron chi connectivity index (χ4n) is 4.10. The van der Waals surface area contributed by atoms with E-state index in [4.69, 9.17) is 5.73 Å². The van der Waals surface area contributed by atoms with Crippen LogP contribution in [-0.2, 0) is 14.4 Å². The van der Waals surface area contributed by atoms with Crippen LogP contribution in [0, 0.1) is 5.82 Å². The zero-order chi connectivity index (χ0) is 24.1. The Morgan fingerprint density at radius 3 is 2.29 bits per heavy atom. The lowest BCUT2D eigenvalue weighted by Crippen LogP contribution is -2.49. The first-order valence-corrected chi connectivity index (χ1v) is 11.2. The van der Waals surface area contributed by atoms with Gasteiger partial charge < -0.3 is 20.9 Å². The fraction of sp³-hybridized carbons (Fsp3) is 0.333. The van der Waals surface area contributed by atoms with Gasteiger partial charge in [-0.25, -0.2) is 4.39 Å². The van der Waals surface area contributed by atoms with Crippen LogP contribution in [0.3, 0.4) is 0 Å². The standard InChI is InChI=1S/C24H27FN6O3/c25-17-6-8-19(9-7-17)31-21(23(26)33)16-20(28-31)24(34)27-11-10-22(32)30-14-12-29(13-15-30)18-4-2-1-3-5-18/h1-9,21H,10-16H2,(H2,26,33)(H,27,34). The van der Waals surface area contributed by atoms with Crippen LogP contribution in [0.25, 0.3) is 0 Å². The van der Waals surface area contributed by atoms with Crippen LogP contribution in [0.1, 0.15) is 12.8 Å². The highest BCUT2D eigenvalue weighted by molar-refractivity contribution is 6.40. The molecule has 1 saturated heterocycles. The summed E-state index contributed by atoms with van der Waals surface area (Å²) in [6, 6.07) is 14.6. The molecule has 2 aromatic rings. The number of para-hydroxylation sites is 1. The minimum absolute atomic E-state index is 0.0238. The molecule has 10 heteroatoms. The van der Waals surface area contributed by atoms with Gasteiger partial charge in [-0.05, 0) is 36.4 Å². The van der Waals surface area contributed by atoms with Gasteiger partial charge in [-0.15, -0.1) is 0 Å². The number of halogens is 1. The quantitative estimate of drug-likeness (QED) is 0.635. The van der Waals surface area contributed by atoms with Gasteiger partial charge >= 0.3 is 0 Å². The van der Waals surface area contributed by atoms with E-state index in [9.17, 15) is 18.8 Å². The maximum absolute atomic E-state index is 13.2.